The zero-order valence-corrected chi connectivity index (χ0v) is 13.0. The number of aromatic nitrogens is 2. The van der Waals surface area contributed by atoms with Gasteiger partial charge in [-0.3, -0.25) is 0 Å². The van der Waals surface area contributed by atoms with Gasteiger partial charge < -0.3 is 9.47 Å². The Morgan fingerprint density at radius 1 is 0.955 bits per heavy atom. The second kappa shape index (κ2) is 6.48. The fourth-order valence-corrected chi connectivity index (χ4v) is 2.89. The average Bonchev–Trinajstić information content (AvgIpc) is 3.10. The maximum atomic E-state index is 4.23. The third-order valence-corrected chi connectivity index (χ3v) is 4.22. The number of anilines is 1. The summed E-state index contributed by atoms with van der Waals surface area (Å²) in [5, 5.41) is 0. The van der Waals surface area contributed by atoms with E-state index in [1.807, 2.05) is 24.8 Å². The van der Waals surface area contributed by atoms with Crippen LogP contribution in [0.4, 0.5) is 5.69 Å². The van der Waals surface area contributed by atoms with Crippen molar-refractivity contribution in [2.24, 2.45) is 0 Å². The SMILES string of the molecule is C[C@H]([C@H](c1ccccc1)n1ccnc1)N(C)c1ccccc1. The van der Waals surface area contributed by atoms with Crippen LogP contribution in [-0.2, 0) is 0 Å². The predicted molar refractivity (Wildman–Crippen MR) is 91.1 cm³/mol. The summed E-state index contributed by atoms with van der Waals surface area (Å²) in [4.78, 5) is 6.54. The van der Waals surface area contributed by atoms with Gasteiger partial charge in [0.1, 0.15) is 0 Å². The van der Waals surface area contributed by atoms with Gasteiger partial charge in [-0.15, -0.1) is 0 Å². The van der Waals surface area contributed by atoms with Crippen molar-refractivity contribution in [2.75, 3.05) is 11.9 Å². The van der Waals surface area contributed by atoms with Crippen molar-refractivity contribution in [3.05, 3.63) is 84.9 Å². The molecule has 0 aliphatic carbocycles. The van der Waals surface area contributed by atoms with Gasteiger partial charge in [0.2, 0.25) is 0 Å². The first-order valence-corrected chi connectivity index (χ1v) is 7.57. The van der Waals surface area contributed by atoms with Crippen LogP contribution >= 0.6 is 0 Å². The van der Waals surface area contributed by atoms with Crippen LogP contribution in [0, 0.1) is 0 Å². The summed E-state index contributed by atoms with van der Waals surface area (Å²) in [6, 6.07) is 21.6. The lowest BCUT2D eigenvalue weighted by molar-refractivity contribution is 0.478. The normalized spacial score (nSPS) is 13.5. The van der Waals surface area contributed by atoms with Crippen molar-refractivity contribution in [2.45, 2.75) is 19.0 Å². The highest BCUT2D eigenvalue weighted by Gasteiger charge is 2.24. The van der Waals surface area contributed by atoms with E-state index < -0.39 is 0 Å². The molecular formula is C19H21N3. The molecule has 1 heterocycles. The van der Waals surface area contributed by atoms with E-state index in [4.69, 9.17) is 0 Å². The Balaban J connectivity index is 1.96. The molecule has 0 N–H and O–H groups in total. The molecule has 22 heavy (non-hydrogen) atoms. The summed E-state index contributed by atoms with van der Waals surface area (Å²) in [6.45, 7) is 2.25. The van der Waals surface area contributed by atoms with Crippen molar-refractivity contribution in [3.63, 3.8) is 0 Å². The zero-order chi connectivity index (χ0) is 15.4. The van der Waals surface area contributed by atoms with Crippen LogP contribution in [0.5, 0.6) is 0 Å². The van der Waals surface area contributed by atoms with Crippen LogP contribution in [0.2, 0.25) is 0 Å². The molecule has 0 aliphatic heterocycles. The first kappa shape index (κ1) is 14.4. The van der Waals surface area contributed by atoms with Crippen molar-refractivity contribution in [1.29, 1.82) is 0 Å². The second-order valence-corrected chi connectivity index (χ2v) is 5.55. The molecule has 3 rings (SSSR count). The first-order chi connectivity index (χ1) is 10.8. The Morgan fingerprint density at radius 2 is 1.59 bits per heavy atom. The molecule has 112 valence electrons. The van der Waals surface area contributed by atoms with E-state index in [9.17, 15) is 0 Å². The molecule has 3 heteroatoms. The van der Waals surface area contributed by atoms with Crippen molar-refractivity contribution in [3.8, 4) is 0 Å². The lowest BCUT2D eigenvalue weighted by atomic mass is 9.99. The Morgan fingerprint density at radius 3 is 2.18 bits per heavy atom. The molecule has 2 aromatic carbocycles. The molecule has 1 aromatic heterocycles. The molecule has 0 radical (unpaired) electrons. The quantitative estimate of drug-likeness (QED) is 0.708. The van der Waals surface area contributed by atoms with Crippen LogP contribution in [0.25, 0.3) is 0 Å². The molecule has 0 amide bonds. The molecule has 0 unspecified atom stereocenters. The smallest absolute Gasteiger partial charge is 0.0952 e. The van der Waals surface area contributed by atoms with Gasteiger partial charge in [0.25, 0.3) is 0 Å². The van der Waals surface area contributed by atoms with E-state index in [0.29, 0.717) is 6.04 Å². The standard InChI is InChI=1S/C19H21N3/c1-16(21(2)18-11-7-4-8-12-18)19(22-14-13-20-15-22)17-9-5-3-6-10-17/h3-16,19H,1-2H3/t16-,19-/m1/s1. The maximum absolute atomic E-state index is 4.23. The number of rotatable bonds is 5. The highest BCUT2D eigenvalue weighted by Crippen LogP contribution is 2.27. The Labute approximate surface area is 131 Å². The molecule has 0 spiro atoms. The summed E-state index contributed by atoms with van der Waals surface area (Å²) in [7, 11) is 2.15. The highest BCUT2D eigenvalue weighted by atomic mass is 15.2. The van der Waals surface area contributed by atoms with E-state index in [2.05, 4.69) is 83.0 Å². The molecule has 3 aromatic rings. The average molecular weight is 291 g/mol. The third-order valence-electron chi connectivity index (χ3n) is 4.22. The lowest BCUT2D eigenvalue weighted by Gasteiger charge is -2.34. The second-order valence-electron chi connectivity index (χ2n) is 5.55. The van der Waals surface area contributed by atoms with E-state index in [0.717, 1.165) is 0 Å². The van der Waals surface area contributed by atoms with Crippen molar-refractivity contribution >= 4 is 5.69 Å². The molecule has 0 fully saturated rings. The minimum atomic E-state index is 0.217. The fraction of sp³-hybridized carbons (Fsp3) is 0.211. The molecule has 0 saturated heterocycles. The molecule has 0 saturated carbocycles. The molecule has 3 nitrogen and oxygen atoms in total. The maximum Gasteiger partial charge on any atom is 0.0952 e. The van der Waals surface area contributed by atoms with Crippen LogP contribution in [0.15, 0.2) is 79.4 Å². The number of para-hydroxylation sites is 1. The largest absolute Gasteiger partial charge is 0.369 e. The molecule has 2 atom stereocenters. The Kier molecular flexibility index (Phi) is 4.24. The van der Waals surface area contributed by atoms with Crippen LogP contribution in [-0.4, -0.2) is 22.6 Å². The van der Waals surface area contributed by atoms with Crippen LogP contribution in [0.1, 0.15) is 18.5 Å². The van der Waals surface area contributed by atoms with Gasteiger partial charge in [0, 0.05) is 25.1 Å². The van der Waals surface area contributed by atoms with Crippen molar-refractivity contribution in [1.82, 2.24) is 9.55 Å². The Hall–Kier alpha value is -2.55. The molecule has 0 aliphatic rings. The van der Waals surface area contributed by atoms with Crippen LogP contribution in [0.3, 0.4) is 0 Å². The molecular weight excluding hydrogens is 270 g/mol. The van der Waals surface area contributed by atoms with Crippen molar-refractivity contribution < 1.29 is 0 Å². The summed E-state index contributed by atoms with van der Waals surface area (Å²) in [5.74, 6) is 0. The number of nitrogens with zero attached hydrogens (tertiary/aromatic N) is 3. The Bertz CT molecular complexity index is 677. The number of hydrogen-bond donors (Lipinski definition) is 0. The minimum absolute atomic E-state index is 0.217. The van der Waals surface area contributed by atoms with Gasteiger partial charge in [0.05, 0.1) is 18.4 Å². The monoisotopic (exact) mass is 291 g/mol. The van der Waals surface area contributed by atoms with Gasteiger partial charge in [0.15, 0.2) is 0 Å². The lowest BCUT2D eigenvalue weighted by Crippen LogP contribution is -2.37. The highest BCUT2D eigenvalue weighted by molar-refractivity contribution is 5.47. The van der Waals surface area contributed by atoms with Gasteiger partial charge >= 0.3 is 0 Å². The number of benzene rings is 2. The summed E-state index contributed by atoms with van der Waals surface area (Å²) < 4.78 is 2.18. The topological polar surface area (TPSA) is 21.1 Å². The minimum Gasteiger partial charge on any atom is -0.369 e. The van der Waals surface area contributed by atoms with Crippen LogP contribution < -0.4 is 4.90 Å². The van der Waals surface area contributed by atoms with E-state index >= 15 is 0 Å². The molecule has 0 bridgehead atoms. The van der Waals surface area contributed by atoms with Gasteiger partial charge in [-0.1, -0.05) is 48.5 Å². The number of hydrogen-bond acceptors (Lipinski definition) is 2. The van der Waals surface area contributed by atoms with Gasteiger partial charge in [-0.25, -0.2) is 4.98 Å². The number of likely N-dealkylation sites (N-methyl/N-ethyl adjacent to an activating group) is 1. The summed E-state index contributed by atoms with van der Waals surface area (Å²) in [5.41, 5.74) is 2.51. The summed E-state index contributed by atoms with van der Waals surface area (Å²) >= 11 is 0. The van der Waals surface area contributed by atoms with E-state index in [1.54, 1.807) is 0 Å². The van der Waals surface area contributed by atoms with E-state index in [-0.39, 0.29) is 6.04 Å². The van der Waals surface area contributed by atoms with Gasteiger partial charge in [-0.2, -0.15) is 0 Å². The van der Waals surface area contributed by atoms with E-state index in [1.165, 1.54) is 11.3 Å². The summed E-state index contributed by atoms with van der Waals surface area (Å²) in [6.07, 6.45) is 5.77. The predicted octanol–water partition coefficient (Wildman–Crippen LogP) is 4.00. The zero-order valence-electron chi connectivity index (χ0n) is 13.0. The first-order valence-electron chi connectivity index (χ1n) is 7.57. The third kappa shape index (κ3) is 2.89. The van der Waals surface area contributed by atoms with Gasteiger partial charge in [-0.05, 0) is 24.6 Å². The fourth-order valence-electron chi connectivity index (χ4n) is 2.89. The number of imidazole rings is 1.